The number of sulfone groups is 1. The number of amides is 1. The molecule has 0 atom stereocenters. The zero-order valence-electron chi connectivity index (χ0n) is 18.7. The monoisotopic (exact) mass is 488 g/mol. The molecule has 2 fully saturated rings. The number of nitro benzene ring substituents is 1. The molecule has 0 radical (unpaired) electrons. The van der Waals surface area contributed by atoms with Crippen molar-refractivity contribution in [3.8, 4) is 0 Å². The molecule has 0 bridgehead atoms. The Morgan fingerprint density at radius 1 is 1.09 bits per heavy atom. The number of nitrogens with one attached hydrogen (secondary N) is 1. The summed E-state index contributed by atoms with van der Waals surface area (Å²) < 4.78 is 31.8. The number of primary amides is 1. The lowest BCUT2D eigenvalue weighted by atomic mass is 9.99. The summed E-state index contributed by atoms with van der Waals surface area (Å²) in [4.78, 5) is 24.8. The maximum Gasteiger partial charge on any atom is 0.293 e. The molecule has 0 spiro atoms. The molecule has 0 aliphatic carbocycles. The first-order chi connectivity index (χ1) is 16.3. The minimum absolute atomic E-state index is 0.0489. The molecule has 2 aliphatic heterocycles. The molecule has 0 unspecified atom stereocenters. The van der Waals surface area contributed by atoms with Crippen LogP contribution in [0, 0.1) is 10.1 Å². The molecule has 4 rings (SSSR count). The van der Waals surface area contributed by atoms with Crippen LogP contribution in [0.3, 0.4) is 0 Å². The SMILES string of the molecule is NC(=O)c1ccccc1S(=O)(=O)c1ccc(NC2CCN(C3CCOCC3)CC2)c([N+](=O)[O-])c1. The number of ether oxygens (including phenoxy) is 1. The van der Waals surface area contributed by atoms with Gasteiger partial charge >= 0.3 is 0 Å². The Morgan fingerprint density at radius 3 is 2.41 bits per heavy atom. The van der Waals surface area contributed by atoms with Gasteiger partial charge in [0.2, 0.25) is 15.7 Å². The van der Waals surface area contributed by atoms with Crippen LogP contribution < -0.4 is 11.1 Å². The van der Waals surface area contributed by atoms with Crippen molar-refractivity contribution in [2.75, 3.05) is 31.6 Å². The van der Waals surface area contributed by atoms with Gasteiger partial charge in [0.15, 0.2) is 0 Å². The third kappa shape index (κ3) is 5.06. The fourth-order valence-electron chi connectivity index (χ4n) is 4.66. The summed E-state index contributed by atoms with van der Waals surface area (Å²) in [6.07, 6.45) is 3.72. The minimum atomic E-state index is -4.19. The lowest BCUT2D eigenvalue weighted by Gasteiger charge is -2.39. The summed E-state index contributed by atoms with van der Waals surface area (Å²) in [5.74, 6) is -0.890. The predicted octanol–water partition coefficient (Wildman–Crippen LogP) is 2.58. The lowest BCUT2D eigenvalue weighted by molar-refractivity contribution is -0.384. The molecule has 2 heterocycles. The molecule has 10 nitrogen and oxygen atoms in total. The van der Waals surface area contributed by atoms with E-state index in [-0.39, 0.29) is 32.8 Å². The van der Waals surface area contributed by atoms with Crippen LogP contribution >= 0.6 is 0 Å². The highest BCUT2D eigenvalue weighted by molar-refractivity contribution is 7.91. The smallest absolute Gasteiger partial charge is 0.293 e. The number of piperidine rings is 1. The van der Waals surface area contributed by atoms with Gasteiger partial charge in [-0.15, -0.1) is 0 Å². The van der Waals surface area contributed by atoms with E-state index < -0.39 is 20.7 Å². The second kappa shape index (κ2) is 10.1. The zero-order chi connectivity index (χ0) is 24.3. The first kappa shape index (κ1) is 24.1. The molecule has 1 amide bonds. The van der Waals surface area contributed by atoms with E-state index in [1.807, 2.05) is 0 Å². The molecule has 0 aromatic heterocycles. The van der Waals surface area contributed by atoms with Crippen molar-refractivity contribution in [2.24, 2.45) is 5.73 Å². The fraction of sp³-hybridized carbons (Fsp3) is 0.435. The van der Waals surface area contributed by atoms with Crippen molar-refractivity contribution in [1.29, 1.82) is 0 Å². The zero-order valence-corrected chi connectivity index (χ0v) is 19.5. The number of carbonyl (C=O) groups is 1. The number of nitrogens with two attached hydrogens (primary N) is 1. The van der Waals surface area contributed by atoms with Gasteiger partial charge in [0.1, 0.15) is 5.69 Å². The van der Waals surface area contributed by atoms with Gasteiger partial charge < -0.3 is 20.7 Å². The van der Waals surface area contributed by atoms with Crippen LogP contribution in [0.1, 0.15) is 36.0 Å². The molecule has 2 aromatic rings. The number of anilines is 1. The number of likely N-dealkylation sites (tertiary alicyclic amines) is 1. The number of benzene rings is 2. The Morgan fingerprint density at radius 2 is 1.76 bits per heavy atom. The number of rotatable bonds is 7. The predicted molar refractivity (Wildman–Crippen MR) is 126 cm³/mol. The van der Waals surface area contributed by atoms with Crippen LogP contribution in [0.5, 0.6) is 0 Å². The average molecular weight is 489 g/mol. The summed E-state index contributed by atoms with van der Waals surface area (Å²) in [6.45, 7) is 3.36. The highest BCUT2D eigenvalue weighted by Crippen LogP contribution is 2.33. The Hall–Kier alpha value is -3.02. The van der Waals surface area contributed by atoms with Crippen LogP contribution in [0.4, 0.5) is 11.4 Å². The molecule has 2 saturated heterocycles. The minimum Gasteiger partial charge on any atom is -0.381 e. The molecule has 182 valence electrons. The van der Waals surface area contributed by atoms with Crippen molar-refractivity contribution >= 4 is 27.1 Å². The molecular formula is C23H28N4O6S. The summed E-state index contributed by atoms with van der Waals surface area (Å²) in [5.41, 5.74) is 5.10. The Bertz CT molecular complexity index is 1170. The normalized spacial score (nSPS) is 18.5. The molecule has 2 aromatic carbocycles. The number of hydrogen-bond donors (Lipinski definition) is 2. The maximum absolute atomic E-state index is 13.2. The average Bonchev–Trinajstić information content (AvgIpc) is 2.85. The topological polar surface area (TPSA) is 145 Å². The Kier molecular flexibility index (Phi) is 7.15. The van der Waals surface area contributed by atoms with Crippen LogP contribution in [-0.2, 0) is 14.6 Å². The molecular weight excluding hydrogens is 460 g/mol. The van der Waals surface area contributed by atoms with Crippen molar-refractivity contribution in [2.45, 2.75) is 47.6 Å². The quantitative estimate of drug-likeness (QED) is 0.447. The molecule has 3 N–H and O–H groups in total. The first-order valence-corrected chi connectivity index (χ1v) is 12.8. The van der Waals surface area contributed by atoms with Gasteiger partial charge in [-0.25, -0.2) is 8.42 Å². The van der Waals surface area contributed by atoms with E-state index in [9.17, 15) is 23.3 Å². The highest BCUT2D eigenvalue weighted by atomic mass is 32.2. The van der Waals surface area contributed by atoms with E-state index >= 15 is 0 Å². The second-order valence-corrected chi connectivity index (χ2v) is 10.5. The van der Waals surface area contributed by atoms with E-state index in [1.165, 1.54) is 36.4 Å². The van der Waals surface area contributed by atoms with Crippen LogP contribution in [0.25, 0.3) is 0 Å². The number of nitrogens with zero attached hydrogens (tertiary/aromatic N) is 2. The van der Waals surface area contributed by atoms with Gasteiger partial charge in [-0.3, -0.25) is 14.9 Å². The van der Waals surface area contributed by atoms with Crippen molar-refractivity contribution < 1.29 is 22.9 Å². The van der Waals surface area contributed by atoms with E-state index in [2.05, 4.69) is 10.2 Å². The van der Waals surface area contributed by atoms with Gasteiger partial charge in [0.05, 0.1) is 20.3 Å². The highest BCUT2D eigenvalue weighted by Gasteiger charge is 2.29. The van der Waals surface area contributed by atoms with Gasteiger partial charge in [-0.1, -0.05) is 12.1 Å². The number of hydrogen-bond acceptors (Lipinski definition) is 8. The third-order valence-electron chi connectivity index (χ3n) is 6.51. The van der Waals surface area contributed by atoms with Gasteiger partial charge in [0.25, 0.3) is 5.69 Å². The summed E-state index contributed by atoms with van der Waals surface area (Å²) in [5, 5.41) is 15.0. The Balaban J connectivity index is 1.53. The standard InChI is InChI=1S/C23H28N4O6S/c24-23(28)19-3-1-2-4-22(19)34(31,32)18-5-6-20(21(15-18)27(29)30)25-16-7-11-26(12-8-16)17-9-13-33-14-10-17/h1-6,15-17,25H,7-14H2,(H2,24,28). The fourth-order valence-corrected chi connectivity index (χ4v) is 6.15. The van der Waals surface area contributed by atoms with Crippen molar-refractivity contribution in [3.05, 3.63) is 58.1 Å². The lowest BCUT2D eigenvalue weighted by Crippen LogP contribution is -2.46. The third-order valence-corrected chi connectivity index (χ3v) is 8.32. The van der Waals surface area contributed by atoms with E-state index in [0.717, 1.165) is 58.1 Å². The molecule has 34 heavy (non-hydrogen) atoms. The largest absolute Gasteiger partial charge is 0.381 e. The van der Waals surface area contributed by atoms with E-state index in [0.29, 0.717) is 6.04 Å². The molecule has 2 aliphatic rings. The summed E-state index contributed by atoms with van der Waals surface area (Å²) in [7, 11) is -4.19. The first-order valence-electron chi connectivity index (χ1n) is 11.3. The van der Waals surface area contributed by atoms with Crippen LogP contribution in [-0.4, -0.2) is 62.5 Å². The van der Waals surface area contributed by atoms with E-state index in [1.54, 1.807) is 0 Å². The summed E-state index contributed by atoms with van der Waals surface area (Å²) in [6, 6.07) is 9.89. The number of carbonyl (C=O) groups excluding carboxylic acids is 1. The Labute approximate surface area is 198 Å². The van der Waals surface area contributed by atoms with Crippen LogP contribution in [0.2, 0.25) is 0 Å². The van der Waals surface area contributed by atoms with Crippen molar-refractivity contribution in [1.82, 2.24) is 4.90 Å². The van der Waals surface area contributed by atoms with Crippen LogP contribution in [0.15, 0.2) is 52.3 Å². The van der Waals surface area contributed by atoms with Crippen molar-refractivity contribution in [3.63, 3.8) is 0 Å². The maximum atomic E-state index is 13.2. The molecule has 0 saturated carbocycles. The van der Waals surface area contributed by atoms with E-state index in [4.69, 9.17) is 10.5 Å². The summed E-state index contributed by atoms with van der Waals surface area (Å²) >= 11 is 0. The number of nitro groups is 1. The second-order valence-electron chi connectivity index (χ2n) is 8.60. The molecule has 11 heteroatoms. The van der Waals surface area contributed by atoms with Gasteiger partial charge in [-0.05, 0) is 49.9 Å². The van der Waals surface area contributed by atoms with Gasteiger partial charge in [0, 0.05) is 44.5 Å². The van der Waals surface area contributed by atoms with Gasteiger partial charge in [-0.2, -0.15) is 0 Å².